The number of hydrogen-bond donors (Lipinski definition) is 1. The first-order valence-electron chi connectivity index (χ1n) is 9.78. The number of nitrogens with two attached hydrogens (primary N) is 1. The van der Waals surface area contributed by atoms with Gasteiger partial charge in [0.2, 0.25) is 5.75 Å². The number of pyridine rings is 1. The Labute approximate surface area is 163 Å². The molecule has 1 fully saturated rings. The first-order chi connectivity index (χ1) is 13.7. The number of aromatic nitrogens is 1. The summed E-state index contributed by atoms with van der Waals surface area (Å²) in [5, 5.41) is 0.840. The maximum absolute atomic E-state index is 12.3. The molecule has 0 radical (unpaired) electrons. The van der Waals surface area contributed by atoms with Gasteiger partial charge in [-0.25, -0.2) is 4.79 Å². The van der Waals surface area contributed by atoms with Crippen LogP contribution in [0.15, 0.2) is 58.0 Å². The van der Waals surface area contributed by atoms with Crippen LogP contribution in [0.25, 0.3) is 22.1 Å². The van der Waals surface area contributed by atoms with E-state index in [4.69, 9.17) is 14.9 Å². The van der Waals surface area contributed by atoms with E-state index in [9.17, 15) is 4.79 Å². The standard InChI is InChI=1S/C22H25N3O3/c23-19-6-10-25(11-7-19)9-2-12-27-21-14-17-5-4-16(13-20(17)28-22(21)26)18-3-1-8-24-15-18/h1,3-5,8,13-15,19H,2,6-7,9-12,23H2. The van der Waals surface area contributed by atoms with Gasteiger partial charge in [0.1, 0.15) is 5.58 Å². The summed E-state index contributed by atoms with van der Waals surface area (Å²) in [6.07, 6.45) is 6.49. The van der Waals surface area contributed by atoms with Crippen molar-refractivity contribution in [3.05, 3.63) is 59.2 Å². The van der Waals surface area contributed by atoms with Crippen molar-refractivity contribution in [2.24, 2.45) is 5.73 Å². The topological polar surface area (TPSA) is 81.6 Å². The van der Waals surface area contributed by atoms with Crippen LogP contribution in [-0.2, 0) is 0 Å². The second kappa shape index (κ2) is 8.54. The molecular formula is C22H25N3O3. The van der Waals surface area contributed by atoms with Crippen LogP contribution in [0.5, 0.6) is 5.75 Å². The minimum atomic E-state index is -0.445. The quantitative estimate of drug-likeness (QED) is 0.524. The summed E-state index contributed by atoms with van der Waals surface area (Å²) in [5.41, 5.74) is 7.97. The monoisotopic (exact) mass is 379 g/mol. The lowest BCUT2D eigenvalue weighted by atomic mass is 10.1. The maximum Gasteiger partial charge on any atom is 0.379 e. The molecule has 3 heterocycles. The number of likely N-dealkylation sites (tertiary alicyclic amines) is 1. The van der Waals surface area contributed by atoms with Crippen LogP contribution >= 0.6 is 0 Å². The highest BCUT2D eigenvalue weighted by Crippen LogP contribution is 2.25. The van der Waals surface area contributed by atoms with E-state index >= 15 is 0 Å². The number of piperidine rings is 1. The predicted molar refractivity (Wildman–Crippen MR) is 109 cm³/mol. The molecule has 1 aliphatic rings. The molecule has 0 spiro atoms. The zero-order chi connectivity index (χ0) is 19.3. The molecule has 6 heteroatoms. The Morgan fingerprint density at radius 3 is 2.82 bits per heavy atom. The summed E-state index contributed by atoms with van der Waals surface area (Å²) < 4.78 is 11.2. The Morgan fingerprint density at radius 1 is 1.18 bits per heavy atom. The van der Waals surface area contributed by atoms with Gasteiger partial charge in [-0.15, -0.1) is 0 Å². The molecule has 1 saturated heterocycles. The van der Waals surface area contributed by atoms with Crippen LogP contribution in [0.3, 0.4) is 0 Å². The molecular weight excluding hydrogens is 354 g/mol. The first-order valence-corrected chi connectivity index (χ1v) is 9.78. The molecule has 0 saturated carbocycles. The van der Waals surface area contributed by atoms with E-state index in [2.05, 4.69) is 9.88 Å². The second-order valence-corrected chi connectivity index (χ2v) is 7.27. The zero-order valence-electron chi connectivity index (χ0n) is 15.8. The molecule has 0 aliphatic carbocycles. The predicted octanol–water partition coefficient (Wildman–Crippen LogP) is 3.05. The van der Waals surface area contributed by atoms with Crippen LogP contribution in [-0.4, -0.2) is 42.2 Å². The molecule has 146 valence electrons. The second-order valence-electron chi connectivity index (χ2n) is 7.27. The molecule has 0 bridgehead atoms. The van der Waals surface area contributed by atoms with E-state index in [0.29, 0.717) is 18.2 Å². The van der Waals surface area contributed by atoms with E-state index in [1.54, 1.807) is 18.5 Å². The molecule has 0 atom stereocenters. The molecule has 4 rings (SSSR count). The van der Waals surface area contributed by atoms with Gasteiger partial charge < -0.3 is 19.8 Å². The third-order valence-electron chi connectivity index (χ3n) is 5.21. The Balaban J connectivity index is 1.39. The highest BCUT2D eigenvalue weighted by Gasteiger charge is 2.15. The molecule has 1 aliphatic heterocycles. The van der Waals surface area contributed by atoms with Crippen LogP contribution in [0.2, 0.25) is 0 Å². The van der Waals surface area contributed by atoms with Gasteiger partial charge in [-0.3, -0.25) is 4.98 Å². The van der Waals surface area contributed by atoms with Gasteiger partial charge in [-0.05, 0) is 56.1 Å². The zero-order valence-corrected chi connectivity index (χ0v) is 15.8. The summed E-state index contributed by atoms with van der Waals surface area (Å²) >= 11 is 0. The molecule has 28 heavy (non-hydrogen) atoms. The fourth-order valence-electron chi connectivity index (χ4n) is 3.55. The summed E-state index contributed by atoms with van der Waals surface area (Å²) in [6.45, 7) is 3.53. The number of benzene rings is 1. The summed E-state index contributed by atoms with van der Waals surface area (Å²) in [4.78, 5) is 18.8. The van der Waals surface area contributed by atoms with E-state index in [0.717, 1.165) is 55.4 Å². The number of rotatable bonds is 6. The maximum atomic E-state index is 12.3. The first kappa shape index (κ1) is 18.7. The van der Waals surface area contributed by atoms with Crippen LogP contribution in [0.1, 0.15) is 19.3 Å². The molecule has 2 N–H and O–H groups in total. The van der Waals surface area contributed by atoms with Crippen molar-refractivity contribution in [3.63, 3.8) is 0 Å². The van der Waals surface area contributed by atoms with Crippen LogP contribution in [0, 0.1) is 0 Å². The lowest BCUT2D eigenvalue weighted by molar-refractivity contribution is 0.192. The van der Waals surface area contributed by atoms with Gasteiger partial charge in [0.05, 0.1) is 6.61 Å². The van der Waals surface area contributed by atoms with Gasteiger partial charge in [0.25, 0.3) is 0 Å². The smallest absolute Gasteiger partial charge is 0.379 e. The largest absolute Gasteiger partial charge is 0.486 e. The average molecular weight is 379 g/mol. The molecule has 6 nitrogen and oxygen atoms in total. The van der Waals surface area contributed by atoms with Crippen molar-refractivity contribution in [1.29, 1.82) is 0 Å². The van der Waals surface area contributed by atoms with Crippen molar-refractivity contribution in [2.45, 2.75) is 25.3 Å². The molecule has 3 aromatic rings. The Bertz CT molecular complexity index is 979. The van der Waals surface area contributed by atoms with Gasteiger partial charge >= 0.3 is 5.63 Å². The summed E-state index contributed by atoms with van der Waals surface area (Å²) in [6, 6.07) is 11.7. The Morgan fingerprint density at radius 2 is 2.04 bits per heavy atom. The minimum absolute atomic E-state index is 0.266. The van der Waals surface area contributed by atoms with E-state index in [1.165, 1.54) is 0 Å². The van der Waals surface area contributed by atoms with Crippen molar-refractivity contribution < 1.29 is 9.15 Å². The number of ether oxygens (including phenoxy) is 1. The van der Waals surface area contributed by atoms with Gasteiger partial charge in [-0.2, -0.15) is 0 Å². The van der Waals surface area contributed by atoms with Gasteiger partial charge in [0.15, 0.2) is 0 Å². The third-order valence-corrected chi connectivity index (χ3v) is 5.21. The van der Waals surface area contributed by atoms with Crippen molar-refractivity contribution >= 4 is 11.0 Å². The van der Waals surface area contributed by atoms with Crippen molar-refractivity contribution in [2.75, 3.05) is 26.2 Å². The van der Waals surface area contributed by atoms with Gasteiger partial charge in [-0.1, -0.05) is 18.2 Å². The summed E-state index contributed by atoms with van der Waals surface area (Å²) in [5.74, 6) is 0.266. The highest BCUT2D eigenvalue weighted by molar-refractivity contribution is 5.83. The van der Waals surface area contributed by atoms with Crippen LogP contribution < -0.4 is 16.1 Å². The third kappa shape index (κ3) is 4.40. The Hall–Kier alpha value is -2.70. The number of fused-ring (bicyclic) bond motifs is 1. The minimum Gasteiger partial charge on any atom is -0.486 e. The normalized spacial score (nSPS) is 15.8. The fourth-order valence-corrected chi connectivity index (χ4v) is 3.55. The Kier molecular flexibility index (Phi) is 5.69. The fraction of sp³-hybridized carbons (Fsp3) is 0.364. The highest BCUT2D eigenvalue weighted by atomic mass is 16.5. The number of nitrogens with zero attached hydrogens (tertiary/aromatic N) is 2. The van der Waals surface area contributed by atoms with Crippen LogP contribution in [0.4, 0.5) is 0 Å². The van der Waals surface area contributed by atoms with E-state index in [-0.39, 0.29) is 5.75 Å². The average Bonchev–Trinajstić information content (AvgIpc) is 2.73. The van der Waals surface area contributed by atoms with E-state index in [1.807, 2.05) is 30.3 Å². The van der Waals surface area contributed by atoms with Crippen molar-refractivity contribution in [1.82, 2.24) is 9.88 Å². The SMILES string of the molecule is NC1CCN(CCCOc2cc3ccc(-c4cccnc4)cc3oc2=O)CC1. The summed E-state index contributed by atoms with van der Waals surface area (Å²) in [7, 11) is 0. The lowest BCUT2D eigenvalue weighted by Gasteiger charge is -2.29. The molecule has 1 aromatic carbocycles. The van der Waals surface area contributed by atoms with Crippen molar-refractivity contribution in [3.8, 4) is 16.9 Å². The lowest BCUT2D eigenvalue weighted by Crippen LogP contribution is -2.40. The van der Waals surface area contributed by atoms with E-state index < -0.39 is 5.63 Å². The van der Waals surface area contributed by atoms with Gasteiger partial charge in [0, 0.05) is 35.9 Å². The molecule has 0 amide bonds. The molecule has 2 aromatic heterocycles. The number of hydrogen-bond acceptors (Lipinski definition) is 6. The molecule has 0 unspecified atom stereocenters.